The summed E-state index contributed by atoms with van der Waals surface area (Å²) in [4.78, 5) is 24.8. The fourth-order valence-electron chi connectivity index (χ4n) is 2.91. The molecule has 1 aliphatic heterocycles. The molecule has 0 aliphatic carbocycles. The average Bonchev–Trinajstić information content (AvgIpc) is 2.54. The third-order valence-corrected chi connectivity index (χ3v) is 4.26. The van der Waals surface area contributed by atoms with Crippen LogP contribution in [-0.4, -0.2) is 37.9 Å². The molecule has 0 saturated carbocycles. The Morgan fingerprint density at radius 1 is 1.30 bits per heavy atom. The summed E-state index contributed by atoms with van der Waals surface area (Å²) in [5, 5.41) is 9.57. The second-order valence-electron chi connectivity index (χ2n) is 5.91. The van der Waals surface area contributed by atoms with E-state index in [9.17, 15) is 9.59 Å². The molecular formula is C17H19NO5. The zero-order valence-electron chi connectivity index (χ0n) is 12.9. The standard InChI is InChI=1S/C17H19NO5/c1-18(10-11-4-6-22-7-5-11)13-3-2-12-8-14(16(19)20)17(21)23-15(12)9-13/h2-3,8-9,11H,4-7,10H2,1H3,(H,19,20). The fraction of sp³-hybridized carbons (Fsp3) is 0.412. The number of carboxylic acid groups (broad SMARTS) is 1. The largest absolute Gasteiger partial charge is 0.477 e. The van der Waals surface area contributed by atoms with Gasteiger partial charge in [0.05, 0.1) is 0 Å². The molecule has 1 aromatic carbocycles. The van der Waals surface area contributed by atoms with Gasteiger partial charge in [0.1, 0.15) is 11.1 Å². The Bertz CT molecular complexity index is 776. The monoisotopic (exact) mass is 317 g/mol. The SMILES string of the molecule is CN(CC1CCOCC1)c1ccc2cc(C(=O)O)c(=O)oc2c1. The maximum atomic E-state index is 11.7. The third kappa shape index (κ3) is 3.37. The molecule has 2 aromatic rings. The first-order chi connectivity index (χ1) is 11.0. The molecule has 1 saturated heterocycles. The second-order valence-corrected chi connectivity index (χ2v) is 5.91. The number of anilines is 1. The van der Waals surface area contributed by atoms with Crippen LogP contribution in [0, 0.1) is 5.92 Å². The Morgan fingerprint density at radius 3 is 2.74 bits per heavy atom. The number of nitrogens with zero attached hydrogens (tertiary/aromatic N) is 1. The molecule has 122 valence electrons. The quantitative estimate of drug-likeness (QED) is 0.872. The highest BCUT2D eigenvalue weighted by molar-refractivity contribution is 5.92. The predicted molar refractivity (Wildman–Crippen MR) is 86.3 cm³/mol. The minimum Gasteiger partial charge on any atom is -0.477 e. The molecule has 0 unspecified atom stereocenters. The summed E-state index contributed by atoms with van der Waals surface area (Å²) in [6, 6.07) is 6.82. The minimum absolute atomic E-state index is 0.346. The van der Waals surface area contributed by atoms with E-state index in [-0.39, 0.29) is 5.56 Å². The first-order valence-electron chi connectivity index (χ1n) is 7.64. The summed E-state index contributed by atoms with van der Waals surface area (Å²) in [5.41, 5.74) is 0.168. The van der Waals surface area contributed by atoms with Crippen LogP contribution >= 0.6 is 0 Å². The number of aromatic carboxylic acids is 1. The molecule has 23 heavy (non-hydrogen) atoms. The molecule has 1 N–H and O–H groups in total. The molecule has 0 amide bonds. The van der Waals surface area contributed by atoms with Crippen LogP contribution in [0.1, 0.15) is 23.2 Å². The Hall–Kier alpha value is -2.34. The topological polar surface area (TPSA) is 80.0 Å². The van der Waals surface area contributed by atoms with E-state index in [0.29, 0.717) is 16.9 Å². The van der Waals surface area contributed by atoms with E-state index in [1.807, 2.05) is 13.1 Å². The third-order valence-electron chi connectivity index (χ3n) is 4.26. The summed E-state index contributed by atoms with van der Waals surface area (Å²) in [6.07, 6.45) is 2.10. The lowest BCUT2D eigenvalue weighted by atomic mass is 9.99. The van der Waals surface area contributed by atoms with Crippen molar-refractivity contribution in [3.05, 3.63) is 40.2 Å². The van der Waals surface area contributed by atoms with E-state index in [4.69, 9.17) is 14.3 Å². The Kier molecular flexibility index (Phi) is 4.34. The molecule has 1 aliphatic rings. The van der Waals surface area contributed by atoms with Crippen LogP contribution in [0.2, 0.25) is 0 Å². The molecule has 1 fully saturated rings. The van der Waals surface area contributed by atoms with Crippen molar-refractivity contribution in [2.24, 2.45) is 5.92 Å². The second kappa shape index (κ2) is 6.42. The highest BCUT2D eigenvalue weighted by Crippen LogP contribution is 2.24. The van der Waals surface area contributed by atoms with E-state index in [0.717, 1.165) is 38.3 Å². The summed E-state index contributed by atoms with van der Waals surface area (Å²) in [6.45, 7) is 2.53. The van der Waals surface area contributed by atoms with Gasteiger partial charge in [0.25, 0.3) is 0 Å². The number of hydrogen-bond acceptors (Lipinski definition) is 5. The number of fused-ring (bicyclic) bond motifs is 1. The van der Waals surface area contributed by atoms with Crippen LogP contribution in [-0.2, 0) is 4.74 Å². The van der Waals surface area contributed by atoms with Crippen molar-refractivity contribution in [3.63, 3.8) is 0 Å². The van der Waals surface area contributed by atoms with Crippen LogP contribution < -0.4 is 10.5 Å². The van der Waals surface area contributed by atoms with E-state index in [1.165, 1.54) is 6.07 Å². The average molecular weight is 317 g/mol. The van der Waals surface area contributed by atoms with Crippen LogP contribution in [0.3, 0.4) is 0 Å². The number of ether oxygens (including phenoxy) is 1. The van der Waals surface area contributed by atoms with E-state index < -0.39 is 11.6 Å². The van der Waals surface area contributed by atoms with Gasteiger partial charge in [0, 0.05) is 43.9 Å². The van der Waals surface area contributed by atoms with Gasteiger partial charge in [-0.05, 0) is 37.0 Å². The molecule has 6 nitrogen and oxygen atoms in total. The molecule has 6 heteroatoms. The van der Waals surface area contributed by atoms with Crippen molar-refractivity contribution >= 4 is 22.6 Å². The fourth-order valence-corrected chi connectivity index (χ4v) is 2.91. The predicted octanol–water partition coefficient (Wildman–Crippen LogP) is 2.35. The number of carboxylic acids is 1. The lowest BCUT2D eigenvalue weighted by Crippen LogP contribution is -2.29. The highest BCUT2D eigenvalue weighted by Gasteiger charge is 2.17. The van der Waals surface area contributed by atoms with Crippen LogP contribution in [0.5, 0.6) is 0 Å². The molecule has 0 spiro atoms. The van der Waals surface area contributed by atoms with Gasteiger partial charge in [-0.3, -0.25) is 0 Å². The first-order valence-corrected chi connectivity index (χ1v) is 7.64. The normalized spacial score (nSPS) is 15.7. The van der Waals surface area contributed by atoms with Gasteiger partial charge in [-0.25, -0.2) is 9.59 Å². The van der Waals surface area contributed by atoms with Gasteiger partial charge in [-0.1, -0.05) is 0 Å². The van der Waals surface area contributed by atoms with Crippen LogP contribution in [0.4, 0.5) is 5.69 Å². The van der Waals surface area contributed by atoms with Crippen molar-refractivity contribution in [1.29, 1.82) is 0 Å². The number of carbonyl (C=O) groups is 1. The molecule has 1 aromatic heterocycles. The van der Waals surface area contributed by atoms with E-state index in [2.05, 4.69) is 4.90 Å². The minimum atomic E-state index is -1.28. The maximum Gasteiger partial charge on any atom is 0.351 e. The maximum absolute atomic E-state index is 11.7. The lowest BCUT2D eigenvalue weighted by Gasteiger charge is -2.28. The van der Waals surface area contributed by atoms with Gasteiger partial charge in [-0.15, -0.1) is 0 Å². The summed E-state index contributed by atoms with van der Waals surface area (Å²) in [5.74, 6) is -0.688. The smallest absolute Gasteiger partial charge is 0.351 e. The Labute approximate surface area is 133 Å². The van der Waals surface area contributed by atoms with Gasteiger partial charge in [0.2, 0.25) is 0 Å². The van der Waals surface area contributed by atoms with E-state index >= 15 is 0 Å². The summed E-state index contributed by atoms with van der Waals surface area (Å²) in [7, 11) is 2.00. The highest BCUT2D eigenvalue weighted by atomic mass is 16.5. The number of rotatable bonds is 4. The molecule has 0 atom stereocenters. The zero-order valence-corrected chi connectivity index (χ0v) is 12.9. The first kappa shape index (κ1) is 15.6. The van der Waals surface area contributed by atoms with Crippen LogP contribution in [0.15, 0.2) is 33.5 Å². The molecule has 0 bridgehead atoms. The Morgan fingerprint density at radius 2 is 2.04 bits per heavy atom. The number of hydrogen-bond donors (Lipinski definition) is 1. The van der Waals surface area contributed by atoms with Crippen molar-refractivity contribution in [2.75, 3.05) is 31.7 Å². The van der Waals surface area contributed by atoms with Gasteiger partial charge >= 0.3 is 11.6 Å². The van der Waals surface area contributed by atoms with E-state index in [1.54, 1.807) is 12.1 Å². The van der Waals surface area contributed by atoms with Gasteiger partial charge < -0.3 is 19.2 Å². The van der Waals surface area contributed by atoms with Gasteiger partial charge in [0.15, 0.2) is 0 Å². The lowest BCUT2D eigenvalue weighted by molar-refractivity contribution is 0.0683. The Balaban J connectivity index is 1.85. The molecule has 0 radical (unpaired) electrons. The van der Waals surface area contributed by atoms with Gasteiger partial charge in [-0.2, -0.15) is 0 Å². The van der Waals surface area contributed by atoms with Crippen LogP contribution in [0.25, 0.3) is 11.0 Å². The van der Waals surface area contributed by atoms with Crippen molar-refractivity contribution in [2.45, 2.75) is 12.8 Å². The molecular weight excluding hydrogens is 298 g/mol. The zero-order chi connectivity index (χ0) is 16.4. The molecule has 2 heterocycles. The summed E-state index contributed by atoms with van der Waals surface area (Å²) >= 11 is 0. The number of benzene rings is 1. The van der Waals surface area contributed by atoms with Crippen molar-refractivity contribution < 1.29 is 19.1 Å². The molecule has 3 rings (SSSR count). The van der Waals surface area contributed by atoms with Crippen molar-refractivity contribution in [3.8, 4) is 0 Å². The van der Waals surface area contributed by atoms with Crippen molar-refractivity contribution in [1.82, 2.24) is 0 Å². The summed E-state index contributed by atoms with van der Waals surface area (Å²) < 4.78 is 10.5.